The summed E-state index contributed by atoms with van der Waals surface area (Å²) in [7, 11) is 0. The van der Waals surface area contributed by atoms with Gasteiger partial charge in [-0.2, -0.15) is 15.0 Å². The van der Waals surface area contributed by atoms with Crippen LogP contribution < -0.4 is 9.64 Å². The average molecular weight is 314 g/mol. The number of aromatic nitrogens is 3. The topological polar surface area (TPSA) is 63.6 Å². The molecule has 0 aliphatic carbocycles. The Bertz CT molecular complexity index is 484. The standard InChI is InChI=1S/C13H20ClN5O2/c1-2-21-13-16-11(14)15-12(17-13)19-4-3-10(9-19)18-5-7-20-8-6-18/h10H,2-9H2,1H3. The molecular formula is C13H20ClN5O2. The van der Waals surface area contributed by atoms with Gasteiger partial charge in [-0.1, -0.05) is 0 Å². The molecule has 7 nitrogen and oxygen atoms in total. The van der Waals surface area contributed by atoms with Crippen LogP contribution >= 0.6 is 11.6 Å². The summed E-state index contributed by atoms with van der Waals surface area (Å²) in [5.74, 6) is 0.606. The van der Waals surface area contributed by atoms with Gasteiger partial charge in [-0.25, -0.2) is 0 Å². The van der Waals surface area contributed by atoms with Gasteiger partial charge in [0.05, 0.1) is 19.8 Å². The summed E-state index contributed by atoms with van der Waals surface area (Å²) >= 11 is 5.95. The molecule has 116 valence electrons. The second kappa shape index (κ2) is 6.72. The molecule has 2 saturated heterocycles. The summed E-state index contributed by atoms with van der Waals surface area (Å²) in [5.41, 5.74) is 0. The maximum atomic E-state index is 5.95. The van der Waals surface area contributed by atoms with Crippen LogP contribution in [0.1, 0.15) is 13.3 Å². The lowest BCUT2D eigenvalue weighted by Gasteiger charge is -2.32. The molecule has 21 heavy (non-hydrogen) atoms. The number of anilines is 1. The maximum absolute atomic E-state index is 5.95. The van der Waals surface area contributed by atoms with Crippen molar-refractivity contribution in [2.24, 2.45) is 0 Å². The third-order valence-electron chi connectivity index (χ3n) is 3.86. The lowest BCUT2D eigenvalue weighted by molar-refractivity contribution is 0.0209. The summed E-state index contributed by atoms with van der Waals surface area (Å²) in [6.07, 6.45) is 1.10. The Morgan fingerprint density at radius 3 is 2.81 bits per heavy atom. The van der Waals surface area contributed by atoms with Crippen LogP contribution in [0.3, 0.4) is 0 Å². The summed E-state index contributed by atoms with van der Waals surface area (Å²) in [4.78, 5) is 17.2. The first kappa shape index (κ1) is 14.7. The van der Waals surface area contributed by atoms with E-state index in [4.69, 9.17) is 21.1 Å². The third kappa shape index (κ3) is 3.53. The van der Waals surface area contributed by atoms with Crippen LogP contribution in [-0.4, -0.2) is 71.9 Å². The highest BCUT2D eigenvalue weighted by atomic mass is 35.5. The van der Waals surface area contributed by atoms with Crippen LogP contribution in [0.15, 0.2) is 0 Å². The molecule has 1 aromatic heterocycles. The Balaban J connectivity index is 1.67. The van der Waals surface area contributed by atoms with Gasteiger partial charge in [-0.15, -0.1) is 0 Å². The van der Waals surface area contributed by atoms with Crippen LogP contribution in [0.2, 0.25) is 5.28 Å². The zero-order chi connectivity index (χ0) is 14.7. The minimum absolute atomic E-state index is 0.179. The van der Waals surface area contributed by atoms with Gasteiger partial charge in [0.2, 0.25) is 11.2 Å². The average Bonchev–Trinajstić information content (AvgIpc) is 2.98. The molecule has 0 N–H and O–H groups in total. The fourth-order valence-electron chi connectivity index (χ4n) is 2.82. The zero-order valence-electron chi connectivity index (χ0n) is 12.2. The smallest absolute Gasteiger partial charge is 0.322 e. The van der Waals surface area contributed by atoms with E-state index in [-0.39, 0.29) is 5.28 Å². The van der Waals surface area contributed by atoms with E-state index in [0.717, 1.165) is 45.8 Å². The van der Waals surface area contributed by atoms with E-state index < -0.39 is 0 Å². The first-order chi connectivity index (χ1) is 10.3. The number of rotatable bonds is 4. The fraction of sp³-hybridized carbons (Fsp3) is 0.769. The third-order valence-corrected chi connectivity index (χ3v) is 4.03. The molecule has 1 aromatic rings. The van der Waals surface area contributed by atoms with Crippen LogP contribution in [0.5, 0.6) is 6.01 Å². The van der Waals surface area contributed by atoms with Gasteiger partial charge in [-0.3, -0.25) is 4.90 Å². The second-order valence-electron chi connectivity index (χ2n) is 5.16. The van der Waals surface area contributed by atoms with E-state index in [9.17, 15) is 0 Å². The molecule has 2 aliphatic rings. The van der Waals surface area contributed by atoms with Gasteiger partial charge in [0.1, 0.15) is 0 Å². The number of halogens is 1. The number of ether oxygens (including phenoxy) is 2. The quantitative estimate of drug-likeness (QED) is 0.816. The van der Waals surface area contributed by atoms with Crippen LogP contribution in [0, 0.1) is 0 Å². The molecule has 0 aromatic carbocycles. The van der Waals surface area contributed by atoms with Crippen molar-refractivity contribution in [1.82, 2.24) is 19.9 Å². The normalized spacial score (nSPS) is 23.5. The summed E-state index contributed by atoms with van der Waals surface area (Å²) < 4.78 is 10.7. The maximum Gasteiger partial charge on any atom is 0.322 e. The van der Waals surface area contributed by atoms with Gasteiger partial charge in [0.15, 0.2) is 0 Å². The Hall–Kier alpha value is -1.18. The van der Waals surface area contributed by atoms with Crippen molar-refractivity contribution in [2.75, 3.05) is 50.9 Å². The molecule has 1 atom stereocenters. The molecule has 2 fully saturated rings. The largest absolute Gasteiger partial charge is 0.464 e. The number of hydrogen-bond donors (Lipinski definition) is 0. The number of nitrogens with zero attached hydrogens (tertiary/aromatic N) is 5. The lowest BCUT2D eigenvalue weighted by atomic mass is 10.2. The van der Waals surface area contributed by atoms with E-state index in [1.165, 1.54) is 0 Å². The monoisotopic (exact) mass is 313 g/mol. The molecule has 2 aliphatic heterocycles. The Kier molecular flexibility index (Phi) is 4.72. The highest BCUT2D eigenvalue weighted by molar-refractivity contribution is 6.28. The predicted octanol–water partition coefficient (Wildman–Crippen LogP) is 0.835. The first-order valence-electron chi connectivity index (χ1n) is 7.37. The number of morpholine rings is 1. The van der Waals surface area contributed by atoms with Crippen LogP contribution in [0.4, 0.5) is 5.95 Å². The van der Waals surface area contributed by atoms with Crippen molar-refractivity contribution in [3.8, 4) is 6.01 Å². The Labute approximate surface area is 129 Å². The minimum atomic E-state index is 0.179. The molecule has 0 amide bonds. The van der Waals surface area contributed by atoms with Crippen LogP contribution in [0.25, 0.3) is 0 Å². The van der Waals surface area contributed by atoms with E-state index in [2.05, 4.69) is 24.8 Å². The second-order valence-corrected chi connectivity index (χ2v) is 5.49. The van der Waals surface area contributed by atoms with Gasteiger partial charge in [0.25, 0.3) is 0 Å². The lowest BCUT2D eigenvalue weighted by Crippen LogP contribution is -2.44. The van der Waals surface area contributed by atoms with Crippen molar-refractivity contribution < 1.29 is 9.47 Å². The predicted molar refractivity (Wildman–Crippen MR) is 79.0 cm³/mol. The number of hydrogen-bond acceptors (Lipinski definition) is 7. The van der Waals surface area contributed by atoms with Crippen molar-refractivity contribution in [3.63, 3.8) is 0 Å². The minimum Gasteiger partial charge on any atom is -0.464 e. The highest BCUT2D eigenvalue weighted by Crippen LogP contribution is 2.23. The van der Waals surface area contributed by atoms with Crippen LogP contribution in [-0.2, 0) is 4.74 Å². The summed E-state index contributed by atoms with van der Waals surface area (Å²) in [5, 5.41) is 0.179. The van der Waals surface area contributed by atoms with Gasteiger partial charge < -0.3 is 14.4 Å². The summed E-state index contributed by atoms with van der Waals surface area (Å²) in [6.45, 7) is 7.88. The zero-order valence-corrected chi connectivity index (χ0v) is 12.9. The molecule has 3 heterocycles. The van der Waals surface area contributed by atoms with Crippen molar-refractivity contribution in [2.45, 2.75) is 19.4 Å². The van der Waals surface area contributed by atoms with E-state index in [1.807, 2.05) is 6.92 Å². The molecule has 1 unspecified atom stereocenters. The molecule has 8 heteroatoms. The molecule has 3 rings (SSSR count). The Morgan fingerprint density at radius 1 is 1.24 bits per heavy atom. The van der Waals surface area contributed by atoms with Crippen molar-refractivity contribution in [3.05, 3.63) is 5.28 Å². The SMILES string of the molecule is CCOc1nc(Cl)nc(N2CCC(N3CCOCC3)C2)n1. The highest BCUT2D eigenvalue weighted by Gasteiger charge is 2.30. The Morgan fingerprint density at radius 2 is 2.05 bits per heavy atom. The van der Waals surface area contributed by atoms with Gasteiger partial charge in [0, 0.05) is 32.2 Å². The van der Waals surface area contributed by atoms with Gasteiger partial charge >= 0.3 is 6.01 Å². The molecule has 0 radical (unpaired) electrons. The molecule has 0 saturated carbocycles. The summed E-state index contributed by atoms with van der Waals surface area (Å²) in [6, 6.07) is 0.822. The van der Waals surface area contributed by atoms with E-state index in [0.29, 0.717) is 24.6 Å². The molecular weight excluding hydrogens is 294 g/mol. The van der Waals surface area contributed by atoms with Gasteiger partial charge in [-0.05, 0) is 24.9 Å². The van der Waals surface area contributed by atoms with E-state index in [1.54, 1.807) is 0 Å². The van der Waals surface area contributed by atoms with E-state index >= 15 is 0 Å². The first-order valence-corrected chi connectivity index (χ1v) is 7.75. The van der Waals surface area contributed by atoms with Crippen molar-refractivity contribution in [1.29, 1.82) is 0 Å². The van der Waals surface area contributed by atoms with Crippen molar-refractivity contribution >= 4 is 17.5 Å². The molecule has 0 bridgehead atoms. The molecule has 0 spiro atoms. The fourth-order valence-corrected chi connectivity index (χ4v) is 2.97.